The Morgan fingerprint density at radius 1 is 1.00 bits per heavy atom. The minimum atomic E-state index is 0.253. The van der Waals surface area contributed by atoms with Gasteiger partial charge in [-0.05, 0) is 73.9 Å². The average Bonchev–Trinajstić information content (AvgIpc) is 3.21. The second-order valence-corrected chi connectivity index (χ2v) is 10.1. The fourth-order valence-corrected chi connectivity index (χ4v) is 5.40. The fourth-order valence-electron chi connectivity index (χ4n) is 5.40. The third-order valence-electron chi connectivity index (χ3n) is 6.91. The number of nitriles is 1. The van der Waals surface area contributed by atoms with E-state index in [1.807, 2.05) is 12.1 Å². The van der Waals surface area contributed by atoms with E-state index in [4.69, 9.17) is 5.26 Å². The maximum absolute atomic E-state index is 13.1. The lowest BCUT2D eigenvalue weighted by molar-refractivity contribution is -0.133. The van der Waals surface area contributed by atoms with Gasteiger partial charge >= 0.3 is 0 Å². The number of rotatable bonds is 6. The molecule has 176 valence electrons. The summed E-state index contributed by atoms with van der Waals surface area (Å²) in [6.07, 6.45) is 2.82. The number of carbonyl (C=O) groups is 1. The Kier molecular flexibility index (Phi) is 7.22. The van der Waals surface area contributed by atoms with E-state index in [0.717, 1.165) is 35.7 Å². The van der Waals surface area contributed by atoms with Crippen molar-refractivity contribution in [3.8, 4) is 23.0 Å². The molecule has 0 saturated carbocycles. The molecule has 1 aliphatic rings. The van der Waals surface area contributed by atoms with Crippen molar-refractivity contribution in [2.45, 2.75) is 53.4 Å². The number of amides is 1. The van der Waals surface area contributed by atoms with Gasteiger partial charge in [0, 0.05) is 36.5 Å². The third-order valence-corrected chi connectivity index (χ3v) is 6.91. The van der Waals surface area contributed by atoms with Crippen LogP contribution in [0, 0.1) is 37.0 Å². The molecule has 1 aromatic heterocycles. The number of piperidine rings is 1. The zero-order valence-electron chi connectivity index (χ0n) is 20.8. The number of nitrogens with zero attached hydrogens (tertiary/aromatic N) is 3. The summed E-state index contributed by atoms with van der Waals surface area (Å²) < 4.78 is 2.28. The van der Waals surface area contributed by atoms with Gasteiger partial charge in [0.15, 0.2) is 0 Å². The van der Waals surface area contributed by atoms with Crippen LogP contribution in [0.4, 0.5) is 0 Å². The standard InChI is InChI=1S/C30H35N3O/c1-21-5-12-28(24(4)18-21)29-13-10-27(33(29)26-8-6-25(7-9-26)15-16-31)11-14-30(34)32-19-22(2)17-23(3)20-32/h5-10,12-13,18,22-23H,11,14-15,17,19-20H2,1-4H3. The van der Waals surface area contributed by atoms with Gasteiger partial charge in [0.25, 0.3) is 0 Å². The Bertz CT molecular complexity index is 1190. The Morgan fingerprint density at radius 2 is 1.71 bits per heavy atom. The van der Waals surface area contributed by atoms with Crippen molar-refractivity contribution in [1.82, 2.24) is 9.47 Å². The highest BCUT2D eigenvalue weighted by Crippen LogP contribution is 2.31. The van der Waals surface area contributed by atoms with E-state index in [1.165, 1.54) is 23.1 Å². The number of carbonyl (C=O) groups excluding carboxylic acids is 1. The second-order valence-electron chi connectivity index (χ2n) is 10.1. The molecule has 0 N–H and O–H groups in total. The summed E-state index contributed by atoms with van der Waals surface area (Å²) in [4.78, 5) is 15.1. The molecule has 1 saturated heterocycles. The Morgan fingerprint density at radius 3 is 2.35 bits per heavy atom. The van der Waals surface area contributed by atoms with Crippen molar-refractivity contribution in [3.05, 3.63) is 77.0 Å². The summed E-state index contributed by atoms with van der Waals surface area (Å²) in [5.74, 6) is 1.39. The fraction of sp³-hybridized carbons (Fsp3) is 0.400. The molecular formula is C30H35N3O. The van der Waals surface area contributed by atoms with E-state index in [0.29, 0.717) is 31.1 Å². The normalized spacial score (nSPS) is 18.0. The monoisotopic (exact) mass is 453 g/mol. The second kappa shape index (κ2) is 10.3. The van der Waals surface area contributed by atoms with Gasteiger partial charge in [0.1, 0.15) is 0 Å². The summed E-state index contributed by atoms with van der Waals surface area (Å²) in [6, 6.07) is 21.3. The van der Waals surface area contributed by atoms with Crippen LogP contribution < -0.4 is 0 Å². The van der Waals surface area contributed by atoms with Crippen molar-refractivity contribution in [2.75, 3.05) is 13.1 Å². The van der Waals surface area contributed by atoms with Crippen LogP contribution in [-0.2, 0) is 17.6 Å². The highest BCUT2D eigenvalue weighted by molar-refractivity contribution is 5.77. The van der Waals surface area contributed by atoms with E-state index >= 15 is 0 Å². The van der Waals surface area contributed by atoms with Gasteiger partial charge in [-0.25, -0.2) is 0 Å². The predicted molar refractivity (Wildman–Crippen MR) is 138 cm³/mol. The van der Waals surface area contributed by atoms with E-state index < -0.39 is 0 Å². The summed E-state index contributed by atoms with van der Waals surface area (Å²) in [6.45, 7) is 10.5. The lowest BCUT2D eigenvalue weighted by Crippen LogP contribution is -2.42. The van der Waals surface area contributed by atoms with Gasteiger partial charge in [-0.2, -0.15) is 5.26 Å². The molecule has 2 unspecified atom stereocenters. The molecule has 0 radical (unpaired) electrons. The molecule has 4 heteroatoms. The first-order valence-corrected chi connectivity index (χ1v) is 12.4. The smallest absolute Gasteiger partial charge is 0.222 e. The van der Waals surface area contributed by atoms with Crippen LogP contribution in [0.15, 0.2) is 54.6 Å². The molecule has 34 heavy (non-hydrogen) atoms. The average molecular weight is 454 g/mol. The van der Waals surface area contributed by atoms with E-state index in [2.05, 4.69) is 85.7 Å². The van der Waals surface area contributed by atoms with Crippen molar-refractivity contribution in [2.24, 2.45) is 11.8 Å². The number of aromatic nitrogens is 1. The predicted octanol–water partition coefficient (Wildman–Crippen LogP) is 6.26. The molecule has 0 aliphatic carbocycles. The zero-order chi connectivity index (χ0) is 24.2. The molecule has 2 heterocycles. The van der Waals surface area contributed by atoms with E-state index in [-0.39, 0.29) is 5.91 Å². The molecule has 2 aromatic carbocycles. The van der Waals surface area contributed by atoms with Crippen molar-refractivity contribution in [1.29, 1.82) is 5.26 Å². The quantitative estimate of drug-likeness (QED) is 0.442. The van der Waals surface area contributed by atoms with Gasteiger partial charge in [-0.3, -0.25) is 4.79 Å². The molecule has 2 atom stereocenters. The SMILES string of the molecule is Cc1ccc(-c2ccc(CCC(=O)N3CC(C)CC(C)C3)n2-c2ccc(CC#N)cc2)c(C)c1. The van der Waals surface area contributed by atoms with Gasteiger partial charge in [0.2, 0.25) is 5.91 Å². The topological polar surface area (TPSA) is 49.0 Å². The summed E-state index contributed by atoms with van der Waals surface area (Å²) in [7, 11) is 0. The van der Waals surface area contributed by atoms with Gasteiger partial charge in [0.05, 0.1) is 18.2 Å². The highest BCUT2D eigenvalue weighted by Gasteiger charge is 2.25. The molecule has 0 spiro atoms. The number of hydrogen-bond acceptors (Lipinski definition) is 2. The summed E-state index contributed by atoms with van der Waals surface area (Å²) >= 11 is 0. The molecule has 4 rings (SSSR count). The molecule has 0 bridgehead atoms. The third kappa shape index (κ3) is 5.25. The lowest BCUT2D eigenvalue weighted by atomic mass is 9.91. The molecule has 1 aliphatic heterocycles. The lowest BCUT2D eigenvalue weighted by Gasteiger charge is -2.35. The van der Waals surface area contributed by atoms with Crippen LogP contribution in [0.25, 0.3) is 16.9 Å². The zero-order valence-corrected chi connectivity index (χ0v) is 20.8. The molecule has 4 nitrogen and oxygen atoms in total. The first-order valence-electron chi connectivity index (χ1n) is 12.4. The van der Waals surface area contributed by atoms with Crippen LogP contribution >= 0.6 is 0 Å². The molecule has 1 amide bonds. The number of likely N-dealkylation sites (tertiary alicyclic amines) is 1. The van der Waals surface area contributed by atoms with Gasteiger partial charge < -0.3 is 9.47 Å². The first-order chi connectivity index (χ1) is 16.4. The van der Waals surface area contributed by atoms with Crippen molar-refractivity contribution < 1.29 is 4.79 Å². The van der Waals surface area contributed by atoms with E-state index in [1.54, 1.807) is 0 Å². The van der Waals surface area contributed by atoms with Crippen LogP contribution in [0.2, 0.25) is 0 Å². The highest BCUT2D eigenvalue weighted by atomic mass is 16.2. The van der Waals surface area contributed by atoms with E-state index in [9.17, 15) is 4.79 Å². The van der Waals surface area contributed by atoms with Crippen LogP contribution in [0.3, 0.4) is 0 Å². The molecule has 1 fully saturated rings. The maximum Gasteiger partial charge on any atom is 0.222 e. The molecule has 3 aromatic rings. The minimum absolute atomic E-state index is 0.253. The van der Waals surface area contributed by atoms with Crippen molar-refractivity contribution >= 4 is 5.91 Å². The number of aryl methyl sites for hydroxylation is 3. The number of benzene rings is 2. The summed E-state index contributed by atoms with van der Waals surface area (Å²) in [5, 5.41) is 9.03. The van der Waals surface area contributed by atoms with Crippen LogP contribution in [0.5, 0.6) is 0 Å². The largest absolute Gasteiger partial charge is 0.342 e. The minimum Gasteiger partial charge on any atom is -0.342 e. The van der Waals surface area contributed by atoms with Gasteiger partial charge in [-0.1, -0.05) is 49.7 Å². The van der Waals surface area contributed by atoms with Crippen LogP contribution in [-0.4, -0.2) is 28.5 Å². The molecular weight excluding hydrogens is 418 g/mol. The number of hydrogen-bond donors (Lipinski definition) is 0. The maximum atomic E-state index is 13.1. The Balaban J connectivity index is 1.65. The summed E-state index contributed by atoms with van der Waals surface area (Å²) in [5.41, 5.74) is 8.02. The van der Waals surface area contributed by atoms with Crippen LogP contribution in [0.1, 0.15) is 49.1 Å². The van der Waals surface area contributed by atoms with Gasteiger partial charge in [-0.15, -0.1) is 0 Å². The Labute approximate surface area is 203 Å². The first kappa shape index (κ1) is 23.8. The Hall–Kier alpha value is -3.32. The van der Waals surface area contributed by atoms with Crippen molar-refractivity contribution in [3.63, 3.8) is 0 Å².